The van der Waals surface area contributed by atoms with E-state index in [4.69, 9.17) is 23.1 Å². The topological polar surface area (TPSA) is 81.5 Å². The molecule has 0 atom stereocenters. The number of carbonyl (C=O) groups is 1. The van der Waals surface area contributed by atoms with E-state index in [0.29, 0.717) is 9.21 Å². The van der Waals surface area contributed by atoms with Gasteiger partial charge in [0, 0.05) is 0 Å². The van der Waals surface area contributed by atoms with Crippen LogP contribution in [-0.4, -0.2) is 11.9 Å². The number of thiophene rings is 1. The normalized spacial score (nSPS) is 9.42. The van der Waals surface area contributed by atoms with Gasteiger partial charge in [-0.3, -0.25) is 4.79 Å². The van der Waals surface area contributed by atoms with E-state index < -0.39 is 5.91 Å². The Morgan fingerprint density at radius 1 is 1.50 bits per heavy atom. The highest BCUT2D eigenvalue weighted by Gasteiger charge is 2.06. The number of carbonyl (C=O) groups excluding carboxylic acids is 1. The van der Waals surface area contributed by atoms with Crippen molar-refractivity contribution in [3.05, 3.63) is 21.3 Å². The number of halogens is 1. The van der Waals surface area contributed by atoms with E-state index in [1.165, 1.54) is 0 Å². The Morgan fingerprint density at radius 3 is 2.58 bits per heavy atom. The lowest BCUT2D eigenvalue weighted by atomic mass is 10.4. The van der Waals surface area contributed by atoms with Crippen LogP contribution in [0.3, 0.4) is 0 Å². The molecule has 1 aromatic heterocycles. The van der Waals surface area contributed by atoms with E-state index in [-0.39, 0.29) is 5.96 Å². The summed E-state index contributed by atoms with van der Waals surface area (Å²) in [5.74, 6) is -0.712. The van der Waals surface area contributed by atoms with Gasteiger partial charge in [-0.2, -0.15) is 4.99 Å². The van der Waals surface area contributed by atoms with Crippen molar-refractivity contribution in [1.82, 2.24) is 0 Å². The highest BCUT2D eigenvalue weighted by molar-refractivity contribution is 7.18. The maximum absolute atomic E-state index is 11.1. The summed E-state index contributed by atoms with van der Waals surface area (Å²) in [4.78, 5) is 14.8. The van der Waals surface area contributed by atoms with Gasteiger partial charge in [-0.05, 0) is 12.1 Å². The lowest BCUT2D eigenvalue weighted by molar-refractivity contribution is 0.101. The van der Waals surface area contributed by atoms with Gasteiger partial charge in [-0.15, -0.1) is 11.3 Å². The predicted octanol–water partition coefficient (Wildman–Crippen LogP) is 0.815. The average Bonchev–Trinajstić information content (AvgIpc) is 2.34. The molecular weight excluding hydrogens is 198 g/mol. The van der Waals surface area contributed by atoms with Gasteiger partial charge in [0.25, 0.3) is 5.91 Å². The minimum atomic E-state index is -0.466. The fraction of sp³-hybridized carbons (Fsp3) is 0. The molecular formula is C6H6ClN3OS. The Morgan fingerprint density at radius 2 is 2.17 bits per heavy atom. The summed E-state index contributed by atoms with van der Waals surface area (Å²) >= 11 is 6.73. The molecule has 0 aliphatic heterocycles. The van der Waals surface area contributed by atoms with E-state index in [9.17, 15) is 4.79 Å². The molecule has 1 heterocycles. The van der Waals surface area contributed by atoms with E-state index in [1.807, 2.05) is 0 Å². The smallest absolute Gasteiger partial charge is 0.290 e. The molecule has 4 N–H and O–H groups in total. The van der Waals surface area contributed by atoms with Crippen LogP contribution in [0, 0.1) is 0 Å². The van der Waals surface area contributed by atoms with Crippen molar-refractivity contribution in [2.24, 2.45) is 16.5 Å². The molecule has 1 rings (SSSR count). The highest BCUT2D eigenvalue weighted by Crippen LogP contribution is 2.21. The second kappa shape index (κ2) is 3.55. The maximum atomic E-state index is 11.1. The van der Waals surface area contributed by atoms with Crippen LogP contribution in [0.2, 0.25) is 4.34 Å². The number of nitrogens with zero attached hydrogens (tertiary/aromatic N) is 1. The van der Waals surface area contributed by atoms with Crippen molar-refractivity contribution in [1.29, 1.82) is 0 Å². The van der Waals surface area contributed by atoms with E-state index in [1.54, 1.807) is 12.1 Å². The Hall–Kier alpha value is -1.07. The molecule has 0 aromatic carbocycles. The van der Waals surface area contributed by atoms with Crippen LogP contribution < -0.4 is 11.5 Å². The summed E-state index contributed by atoms with van der Waals surface area (Å²) in [6.45, 7) is 0. The molecule has 0 aliphatic rings. The number of nitrogens with two attached hydrogens (primary N) is 2. The molecule has 64 valence electrons. The molecule has 4 nitrogen and oxygen atoms in total. The van der Waals surface area contributed by atoms with Gasteiger partial charge in [0.1, 0.15) is 0 Å². The molecule has 0 radical (unpaired) electrons. The van der Waals surface area contributed by atoms with Crippen LogP contribution in [0.1, 0.15) is 9.67 Å². The van der Waals surface area contributed by atoms with Crippen LogP contribution in [0.5, 0.6) is 0 Å². The minimum absolute atomic E-state index is 0.246. The van der Waals surface area contributed by atoms with Crippen molar-refractivity contribution in [2.45, 2.75) is 0 Å². The molecule has 0 saturated heterocycles. The summed E-state index contributed by atoms with van der Waals surface area (Å²) in [6.07, 6.45) is 0. The van der Waals surface area contributed by atoms with Crippen LogP contribution in [0.15, 0.2) is 17.1 Å². The van der Waals surface area contributed by atoms with Crippen molar-refractivity contribution >= 4 is 34.8 Å². The third-order valence-electron chi connectivity index (χ3n) is 1.01. The largest absolute Gasteiger partial charge is 0.370 e. The average molecular weight is 204 g/mol. The third kappa shape index (κ3) is 2.21. The number of amides is 1. The first-order chi connectivity index (χ1) is 5.59. The lowest BCUT2D eigenvalue weighted by Gasteiger charge is -1.88. The van der Waals surface area contributed by atoms with E-state index >= 15 is 0 Å². The van der Waals surface area contributed by atoms with Gasteiger partial charge in [0.15, 0.2) is 5.96 Å². The van der Waals surface area contributed by atoms with Gasteiger partial charge >= 0.3 is 0 Å². The first-order valence-corrected chi connectivity index (χ1v) is 4.18. The van der Waals surface area contributed by atoms with E-state index in [0.717, 1.165) is 11.3 Å². The summed E-state index contributed by atoms with van der Waals surface area (Å²) in [6, 6.07) is 3.18. The summed E-state index contributed by atoms with van der Waals surface area (Å²) in [5.41, 5.74) is 10.0. The Bertz CT molecular complexity index is 329. The van der Waals surface area contributed by atoms with Gasteiger partial charge < -0.3 is 11.5 Å². The molecule has 0 bridgehead atoms. The summed E-state index contributed by atoms with van der Waals surface area (Å²) < 4.78 is 0.532. The second-order valence-electron chi connectivity index (χ2n) is 1.95. The Balaban J connectivity index is 2.86. The first-order valence-electron chi connectivity index (χ1n) is 2.99. The number of hydrogen-bond acceptors (Lipinski definition) is 2. The third-order valence-corrected chi connectivity index (χ3v) is 2.23. The zero-order valence-corrected chi connectivity index (χ0v) is 7.52. The molecule has 6 heteroatoms. The monoisotopic (exact) mass is 203 g/mol. The zero-order chi connectivity index (χ0) is 9.14. The first kappa shape index (κ1) is 9.02. The molecule has 0 spiro atoms. The van der Waals surface area contributed by atoms with Crippen LogP contribution >= 0.6 is 22.9 Å². The van der Waals surface area contributed by atoms with E-state index in [2.05, 4.69) is 4.99 Å². The molecule has 1 aromatic rings. The molecule has 0 saturated carbocycles. The molecule has 1 amide bonds. The number of aliphatic imine (C=N–C) groups is 1. The van der Waals surface area contributed by atoms with Crippen LogP contribution in [0.4, 0.5) is 0 Å². The van der Waals surface area contributed by atoms with Crippen LogP contribution in [0.25, 0.3) is 0 Å². The lowest BCUT2D eigenvalue weighted by Crippen LogP contribution is -2.24. The van der Waals surface area contributed by atoms with Gasteiger partial charge in [-0.25, -0.2) is 0 Å². The Labute approximate surface area is 77.8 Å². The maximum Gasteiger partial charge on any atom is 0.290 e. The molecule has 12 heavy (non-hydrogen) atoms. The number of rotatable bonds is 1. The minimum Gasteiger partial charge on any atom is -0.370 e. The standard InChI is InChI=1S/C6H6ClN3OS/c7-4-2-1-3(12-4)5(11)10-6(8)9/h1-2H,(H4,8,9,10,11). The number of guanidine groups is 1. The highest BCUT2D eigenvalue weighted by atomic mass is 35.5. The fourth-order valence-electron chi connectivity index (χ4n) is 0.602. The molecule has 0 aliphatic carbocycles. The van der Waals surface area contributed by atoms with Crippen LogP contribution in [-0.2, 0) is 0 Å². The SMILES string of the molecule is NC(N)=NC(=O)c1ccc(Cl)s1. The van der Waals surface area contributed by atoms with Crippen molar-refractivity contribution in [3.63, 3.8) is 0 Å². The number of hydrogen-bond donors (Lipinski definition) is 2. The van der Waals surface area contributed by atoms with Gasteiger partial charge in [0.05, 0.1) is 9.21 Å². The molecule has 0 fully saturated rings. The zero-order valence-electron chi connectivity index (χ0n) is 5.95. The van der Waals surface area contributed by atoms with Crippen molar-refractivity contribution in [2.75, 3.05) is 0 Å². The quantitative estimate of drug-likeness (QED) is 0.524. The van der Waals surface area contributed by atoms with Crippen molar-refractivity contribution in [3.8, 4) is 0 Å². The van der Waals surface area contributed by atoms with Gasteiger partial charge in [-0.1, -0.05) is 11.6 Å². The Kier molecular flexibility index (Phi) is 2.67. The van der Waals surface area contributed by atoms with Gasteiger partial charge in [0.2, 0.25) is 0 Å². The fourth-order valence-corrected chi connectivity index (χ4v) is 1.53. The van der Waals surface area contributed by atoms with Crippen molar-refractivity contribution < 1.29 is 4.79 Å². The predicted molar refractivity (Wildman–Crippen MR) is 49.5 cm³/mol. The summed E-state index contributed by atoms with van der Waals surface area (Å²) in [7, 11) is 0. The summed E-state index contributed by atoms with van der Waals surface area (Å²) in [5, 5.41) is 0. The second-order valence-corrected chi connectivity index (χ2v) is 3.66. The molecule has 0 unspecified atom stereocenters.